The average Bonchev–Trinajstić information content (AvgIpc) is 2.77. The summed E-state index contributed by atoms with van der Waals surface area (Å²) in [5, 5.41) is 5.60. The summed E-state index contributed by atoms with van der Waals surface area (Å²) >= 11 is 0. The monoisotopic (exact) mass is 269 g/mol. The maximum atomic E-state index is 13.4. The number of halogens is 2. The number of benzene rings is 1. The molecule has 1 aromatic heterocycles. The third kappa shape index (κ3) is 2.84. The molecule has 19 heavy (non-hydrogen) atoms. The maximum Gasteiger partial charge on any atom is 0.341 e. The quantitative estimate of drug-likeness (QED) is 0.815. The number of hydrogen-bond acceptors (Lipinski definition) is 4. The van der Waals surface area contributed by atoms with Gasteiger partial charge in [-0.1, -0.05) is 0 Å². The van der Waals surface area contributed by atoms with Crippen molar-refractivity contribution in [3.8, 4) is 0 Å². The fourth-order valence-corrected chi connectivity index (χ4v) is 1.40. The molecule has 0 aliphatic heterocycles. The molecule has 2 N–H and O–H groups in total. The summed E-state index contributed by atoms with van der Waals surface area (Å²) in [6, 6.07) is 1.67. The van der Waals surface area contributed by atoms with Gasteiger partial charge in [-0.2, -0.15) is 5.10 Å². The van der Waals surface area contributed by atoms with Crippen molar-refractivity contribution in [2.45, 2.75) is 13.5 Å². The molecule has 2 aromatic rings. The Balaban J connectivity index is 2.12. The molecule has 0 amide bonds. The molecule has 0 saturated carbocycles. The van der Waals surface area contributed by atoms with Crippen molar-refractivity contribution in [1.82, 2.24) is 15.2 Å². The van der Waals surface area contributed by atoms with E-state index in [2.05, 4.69) is 15.2 Å². The highest BCUT2D eigenvalue weighted by atomic mass is 19.1. The minimum absolute atomic E-state index is 0.0950. The third-order valence-electron chi connectivity index (χ3n) is 2.36. The molecule has 0 aliphatic carbocycles. The van der Waals surface area contributed by atoms with E-state index in [9.17, 15) is 18.4 Å². The molecule has 0 aliphatic rings. The Labute approximate surface area is 105 Å². The van der Waals surface area contributed by atoms with Crippen molar-refractivity contribution < 1.29 is 18.3 Å². The van der Waals surface area contributed by atoms with Gasteiger partial charge in [-0.15, -0.1) is 0 Å². The van der Waals surface area contributed by atoms with E-state index in [0.29, 0.717) is 6.07 Å². The first-order chi connectivity index (χ1) is 8.97. The Morgan fingerprint density at radius 1 is 1.37 bits per heavy atom. The molecular weight excluding hydrogens is 260 g/mol. The van der Waals surface area contributed by atoms with Crippen LogP contribution in [0.25, 0.3) is 0 Å². The lowest BCUT2D eigenvalue weighted by Gasteiger charge is -2.05. The van der Waals surface area contributed by atoms with Crippen LogP contribution in [0.1, 0.15) is 21.7 Å². The van der Waals surface area contributed by atoms with Crippen LogP contribution < -0.4 is 5.69 Å². The molecule has 1 heterocycles. The number of H-pyrrole nitrogens is 2. The van der Waals surface area contributed by atoms with E-state index in [4.69, 9.17) is 4.74 Å². The minimum atomic E-state index is -1.01. The van der Waals surface area contributed by atoms with Gasteiger partial charge in [-0.3, -0.25) is 4.98 Å². The third-order valence-corrected chi connectivity index (χ3v) is 2.36. The van der Waals surface area contributed by atoms with Gasteiger partial charge in [0.15, 0.2) is 12.4 Å². The van der Waals surface area contributed by atoms with Gasteiger partial charge in [0, 0.05) is 6.07 Å². The van der Waals surface area contributed by atoms with E-state index in [0.717, 1.165) is 6.07 Å². The summed E-state index contributed by atoms with van der Waals surface area (Å²) in [6.45, 7) is 1.07. The number of nitrogens with one attached hydrogen (secondary N) is 2. The van der Waals surface area contributed by atoms with Crippen LogP contribution in [-0.4, -0.2) is 21.2 Å². The zero-order chi connectivity index (χ0) is 14.0. The zero-order valence-electron chi connectivity index (χ0n) is 9.79. The number of hydrogen-bond donors (Lipinski definition) is 2. The van der Waals surface area contributed by atoms with Crippen molar-refractivity contribution in [2.24, 2.45) is 0 Å². The van der Waals surface area contributed by atoms with Crippen LogP contribution in [0.5, 0.6) is 0 Å². The molecule has 0 fully saturated rings. The molecule has 1 aromatic carbocycles. The van der Waals surface area contributed by atoms with Crippen molar-refractivity contribution in [2.75, 3.05) is 0 Å². The Kier molecular flexibility index (Phi) is 3.41. The van der Waals surface area contributed by atoms with Gasteiger partial charge >= 0.3 is 11.7 Å². The molecule has 8 heteroatoms. The van der Waals surface area contributed by atoms with Crippen molar-refractivity contribution in [3.05, 3.63) is 51.2 Å². The van der Waals surface area contributed by atoms with Gasteiger partial charge in [0.05, 0.1) is 5.56 Å². The molecule has 6 nitrogen and oxygen atoms in total. The normalized spacial score (nSPS) is 10.5. The SMILES string of the molecule is Cc1cc(C(=O)OCc2n[nH]c(=O)[nH]2)c(F)cc1F. The number of carbonyl (C=O) groups is 1. The van der Waals surface area contributed by atoms with Gasteiger partial charge in [0.1, 0.15) is 11.6 Å². The fraction of sp³-hybridized carbons (Fsp3) is 0.182. The fourth-order valence-electron chi connectivity index (χ4n) is 1.40. The summed E-state index contributed by atoms with van der Waals surface area (Å²) < 4.78 is 31.2. The van der Waals surface area contributed by atoms with E-state index in [1.165, 1.54) is 6.92 Å². The second-order valence-electron chi connectivity index (χ2n) is 3.78. The first-order valence-corrected chi connectivity index (χ1v) is 5.23. The van der Waals surface area contributed by atoms with Gasteiger partial charge in [0.2, 0.25) is 0 Å². The molecule has 100 valence electrons. The topological polar surface area (TPSA) is 87.8 Å². The minimum Gasteiger partial charge on any atom is -0.454 e. The van der Waals surface area contributed by atoms with Crippen molar-refractivity contribution in [3.63, 3.8) is 0 Å². The van der Waals surface area contributed by atoms with Gasteiger partial charge < -0.3 is 4.74 Å². The average molecular weight is 269 g/mol. The second-order valence-corrected chi connectivity index (χ2v) is 3.78. The Morgan fingerprint density at radius 2 is 2.11 bits per heavy atom. The number of nitrogens with zero attached hydrogens (tertiary/aromatic N) is 1. The number of aromatic amines is 2. The van der Waals surface area contributed by atoms with Crippen LogP contribution in [0, 0.1) is 18.6 Å². The lowest BCUT2D eigenvalue weighted by atomic mass is 10.1. The van der Waals surface area contributed by atoms with E-state index in [1.807, 2.05) is 0 Å². The zero-order valence-corrected chi connectivity index (χ0v) is 9.79. The Hall–Kier alpha value is -2.51. The molecule has 0 radical (unpaired) electrons. The molecule has 2 rings (SSSR count). The first-order valence-electron chi connectivity index (χ1n) is 5.23. The lowest BCUT2D eigenvalue weighted by molar-refractivity contribution is 0.0457. The molecule has 0 spiro atoms. The molecule has 0 saturated heterocycles. The van der Waals surface area contributed by atoms with Crippen LogP contribution >= 0.6 is 0 Å². The largest absolute Gasteiger partial charge is 0.454 e. The Morgan fingerprint density at radius 3 is 2.74 bits per heavy atom. The predicted octanol–water partition coefficient (Wildman–Crippen LogP) is 1.04. The molecular formula is C11H9F2N3O3. The maximum absolute atomic E-state index is 13.4. The van der Waals surface area contributed by atoms with Crippen molar-refractivity contribution >= 4 is 5.97 Å². The van der Waals surface area contributed by atoms with E-state index in [1.54, 1.807) is 0 Å². The summed E-state index contributed by atoms with van der Waals surface area (Å²) in [4.78, 5) is 24.6. The lowest BCUT2D eigenvalue weighted by Crippen LogP contribution is -2.10. The van der Waals surface area contributed by atoms with Gasteiger partial charge in [-0.25, -0.2) is 23.5 Å². The van der Waals surface area contributed by atoms with Crippen LogP contribution in [0.2, 0.25) is 0 Å². The number of carbonyl (C=O) groups excluding carboxylic acids is 1. The standard InChI is InChI=1S/C11H9F2N3O3/c1-5-2-6(8(13)3-7(5)12)10(17)19-4-9-14-11(18)16-15-9/h2-3H,4H2,1H3,(H2,14,15,16,18). The molecule has 0 atom stereocenters. The number of rotatable bonds is 3. The van der Waals surface area contributed by atoms with E-state index in [-0.39, 0.29) is 23.6 Å². The second kappa shape index (κ2) is 5.01. The first kappa shape index (κ1) is 12.9. The summed E-state index contributed by atoms with van der Waals surface area (Å²) in [5.74, 6) is -2.63. The number of esters is 1. The number of aromatic nitrogens is 3. The van der Waals surface area contributed by atoms with E-state index < -0.39 is 23.3 Å². The summed E-state index contributed by atoms with van der Waals surface area (Å²) in [6.07, 6.45) is 0. The summed E-state index contributed by atoms with van der Waals surface area (Å²) in [7, 11) is 0. The van der Waals surface area contributed by atoms with Crippen LogP contribution in [-0.2, 0) is 11.3 Å². The number of aryl methyl sites for hydroxylation is 1. The molecule has 0 bridgehead atoms. The van der Waals surface area contributed by atoms with Crippen LogP contribution in [0.15, 0.2) is 16.9 Å². The highest BCUT2D eigenvalue weighted by Crippen LogP contribution is 2.15. The summed E-state index contributed by atoms with van der Waals surface area (Å²) in [5.41, 5.74) is -0.798. The van der Waals surface area contributed by atoms with Crippen LogP contribution in [0.3, 0.4) is 0 Å². The smallest absolute Gasteiger partial charge is 0.341 e. The van der Waals surface area contributed by atoms with Crippen molar-refractivity contribution in [1.29, 1.82) is 0 Å². The Bertz CT molecular complexity index is 678. The van der Waals surface area contributed by atoms with E-state index >= 15 is 0 Å². The highest BCUT2D eigenvalue weighted by molar-refractivity contribution is 5.89. The predicted molar refractivity (Wildman–Crippen MR) is 59.4 cm³/mol. The molecule has 0 unspecified atom stereocenters. The van der Waals surface area contributed by atoms with Crippen LogP contribution in [0.4, 0.5) is 8.78 Å². The van der Waals surface area contributed by atoms with Gasteiger partial charge in [0.25, 0.3) is 0 Å². The number of ether oxygens (including phenoxy) is 1. The van der Waals surface area contributed by atoms with Gasteiger partial charge in [-0.05, 0) is 18.6 Å². The highest BCUT2D eigenvalue weighted by Gasteiger charge is 2.16.